The van der Waals surface area contributed by atoms with Crippen LogP contribution >= 0.6 is 0 Å². The van der Waals surface area contributed by atoms with E-state index in [-0.39, 0.29) is 29.2 Å². The highest BCUT2D eigenvalue weighted by Gasteiger charge is 2.17. The number of hydrogen-bond donors (Lipinski definition) is 2. The van der Waals surface area contributed by atoms with Crippen molar-refractivity contribution in [2.24, 2.45) is 0 Å². The average Bonchev–Trinajstić information content (AvgIpc) is 3.11. The van der Waals surface area contributed by atoms with E-state index in [1.807, 2.05) is 22.9 Å². The summed E-state index contributed by atoms with van der Waals surface area (Å²) < 4.78 is 29.0. The number of imidazole rings is 1. The van der Waals surface area contributed by atoms with Gasteiger partial charge in [0.25, 0.3) is 0 Å². The Hall–Kier alpha value is -2.19. The molecule has 148 valence electrons. The zero-order valence-electron chi connectivity index (χ0n) is 16.1. The van der Waals surface area contributed by atoms with Crippen molar-refractivity contribution in [3.05, 3.63) is 48.5 Å². The zero-order valence-corrected chi connectivity index (χ0v) is 16.9. The van der Waals surface area contributed by atoms with Crippen LogP contribution in [-0.2, 0) is 26.8 Å². The van der Waals surface area contributed by atoms with Crippen molar-refractivity contribution in [3.63, 3.8) is 0 Å². The number of carbonyl (C=O) groups is 1. The number of hydrogen-bond acceptors (Lipinski definition) is 4. The lowest BCUT2D eigenvalue weighted by molar-refractivity contribution is -0.120. The molecule has 7 nitrogen and oxygen atoms in total. The van der Waals surface area contributed by atoms with Crippen molar-refractivity contribution < 1.29 is 13.2 Å². The lowest BCUT2D eigenvalue weighted by Gasteiger charge is -2.19. The number of sulfonamides is 1. The summed E-state index contributed by atoms with van der Waals surface area (Å²) in [5.41, 5.74) is 1.03. The quantitative estimate of drug-likeness (QED) is 0.639. The number of carbonyl (C=O) groups excluding carboxylic acids is 1. The fourth-order valence-corrected chi connectivity index (χ4v) is 3.55. The lowest BCUT2D eigenvalue weighted by Crippen LogP contribution is -2.31. The topological polar surface area (TPSA) is 93.1 Å². The van der Waals surface area contributed by atoms with E-state index >= 15 is 0 Å². The molecule has 0 unspecified atom stereocenters. The molecule has 8 heteroatoms. The number of nitrogens with one attached hydrogen (secondary N) is 2. The molecule has 1 amide bonds. The number of aromatic nitrogens is 2. The normalized spacial score (nSPS) is 12.1. The average molecular weight is 393 g/mol. The van der Waals surface area contributed by atoms with Gasteiger partial charge in [0.1, 0.15) is 0 Å². The van der Waals surface area contributed by atoms with Crippen LogP contribution in [-0.4, -0.2) is 37.0 Å². The predicted molar refractivity (Wildman–Crippen MR) is 105 cm³/mol. The smallest absolute Gasteiger partial charge is 0.240 e. The summed E-state index contributed by atoms with van der Waals surface area (Å²) in [4.78, 5) is 16.0. The fraction of sp³-hybridized carbons (Fsp3) is 0.474. The second-order valence-corrected chi connectivity index (χ2v) is 9.19. The van der Waals surface area contributed by atoms with Crippen molar-refractivity contribution in [3.8, 4) is 0 Å². The maximum absolute atomic E-state index is 12.3. The molecule has 1 aromatic heterocycles. The van der Waals surface area contributed by atoms with Crippen molar-refractivity contribution in [2.75, 3.05) is 13.1 Å². The van der Waals surface area contributed by atoms with E-state index in [1.165, 1.54) is 0 Å². The number of aryl methyl sites for hydroxylation is 1. The fourth-order valence-electron chi connectivity index (χ4n) is 2.51. The van der Waals surface area contributed by atoms with E-state index in [9.17, 15) is 13.2 Å². The predicted octanol–water partition coefficient (Wildman–Crippen LogP) is 2.06. The highest BCUT2D eigenvalue weighted by atomic mass is 32.2. The summed E-state index contributed by atoms with van der Waals surface area (Å²) in [6.07, 6.45) is 6.19. The van der Waals surface area contributed by atoms with E-state index in [4.69, 9.17) is 0 Å². The molecular weight excluding hydrogens is 364 g/mol. The zero-order chi connectivity index (χ0) is 19.9. The molecule has 0 aliphatic heterocycles. The van der Waals surface area contributed by atoms with E-state index in [0.29, 0.717) is 6.54 Å². The third-order valence-corrected chi connectivity index (χ3v) is 5.63. The minimum Gasteiger partial charge on any atom is -0.356 e. The molecule has 2 rings (SSSR count). The SMILES string of the molecule is CC(C)(C)c1ccc(S(=O)(=O)NCCC(=O)NCCCn2ccnc2)cc1. The van der Waals surface area contributed by atoms with Gasteiger partial charge in [0, 0.05) is 38.4 Å². The number of rotatable bonds is 9. The van der Waals surface area contributed by atoms with Gasteiger partial charge >= 0.3 is 0 Å². The van der Waals surface area contributed by atoms with Gasteiger partial charge in [-0.25, -0.2) is 18.1 Å². The number of amides is 1. The second kappa shape index (κ2) is 9.14. The van der Waals surface area contributed by atoms with Crippen molar-refractivity contribution in [1.29, 1.82) is 0 Å². The summed E-state index contributed by atoms with van der Waals surface area (Å²) in [7, 11) is -3.61. The first kappa shape index (κ1) is 21.1. The summed E-state index contributed by atoms with van der Waals surface area (Å²) in [5.74, 6) is -0.175. The van der Waals surface area contributed by atoms with Gasteiger partial charge in [0.05, 0.1) is 11.2 Å². The number of benzene rings is 1. The molecule has 1 aromatic carbocycles. The molecule has 0 fully saturated rings. The molecule has 0 bridgehead atoms. The molecular formula is C19H28N4O3S. The summed E-state index contributed by atoms with van der Waals surface area (Å²) in [6, 6.07) is 6.83. The number of nitrogens with zero attached hydrogens (tertiary/aromatic N) is 2. The Kier molecular flexibility index (Phi) is 7.15. The summed E-state index contributed by atoms with van der Waals surface area (Å²) in [6.45, 7) is 7.60. The molecule has 0 atom stereocenters. The van der Waals surface area contributed by atoms with Gasteiger partial charge in [-0.15, -0.1) is 0 Å². The molecule has 0 saturated carbocycles. The van der Waals surface area contributed by atoms with Crippen LogP contribution in [0.2, 0.25) is 0 Å². The monoisotopic (exact) mass is 392 g/mol. The molecule has 0 spiro atoms. The van der Waals surface area contributed by atoms with Gasteiger partial charge in [0.2, 0.25) is 15.9 Å². The third kappa shape index (κ3) is 6.80. The van der Waals surface area contributed by atoms with Crippen LogP contribution in [0.1, 0.15) is 39.2 Å². The van der Waals surface area contributed by atoms with Crippen LogP contribution in [0.15, 0.2) is 47.9 Å². The molecule has 0 aliphatic rings. The van der Waals surface area contributed by atoms with Crippen LogP contribution in [0, 0.1) is 0 Å². The molecule has 0 aliphatic carbocycles. The van der Waals surface area contributed by atoms with Crippen LogP contribution in [0.3, 0.4) is 0 Å². The van der Waals surface area contributed by atoms with E-state index in [0.717, 1.165) is 18.5 Å². The van der Waals surface area contributed by atoms with Gasteiger partial charge in [-0.2, -0.15) is 0 Å². The van der Waals surface area contributed by atoms with E-state index in [2.05, 4.69) is 35.8 Å². The highest BCUT2D eigenvalue weighted by Crippen LogP contribution is 2.23. The summed E-state index contributed by atoms with van der Waals surface area (Å²) >= 11 is 0. The maximum atomic E-state index is 12.3. The first-order valence-electron chi connectivity index (χ1n) is 9.01. The largest absolute Gasteiger partial charge is 0.356 e. The Morgan fingerprint density at radius 3 is 2.44 bits per heavy atom. The minimum absolute atomic E-state index is 0.0360. The van der Waals surface area contributed by atoms with Crippen LogP contribution < -0.4 is 10.0 Å². The standard InChI is InChI=1S/C19H28N4O3S/c1-19(2,3)16-5-7-17(8-6-16)27(25,26)22-11-9-18(24)21-10-4-13-23-14-12-20-15-23/h5-8,12,14-15,22H,4,9-11,13H2,1-3H3,(H,21,24). The Labute approximate surface area is 161 Å². The molecule has 0 saturated heterocycles. The second-order valence-electron chi connectivity index (χ2n) is 7.43. The molecule has 27 heavy (non-hydrogen) atoms. The summed E-state index contributed by atoms with van der Waals surface area (Å²) in [5, 5.41) is 2.79. The molecule has 2 N–H and O–H groups in total. The van der Waals surface area contributed by atoms with Gasteiger partial charge < -0.3 is 9.88 Å². The first-order valence-corrected chi connectivity index (χ1v) is 10.5. The molecule has 2 aromatic rings. The molecule has 0 radical (unpaired) electrons. The van der Waals surface area contributed by atoms with Crippen LogP contribution in [0.25, 0.3) is 0 Å². The maximum Gasteiger partial charge on any atom is 0.240 e. The Bertz CT molecular complexity index is 823. The Balaban J connectivity index is 1.72. The van der Waals surface area contributed by atoms with Crippen molar-refractivity contribution >= 4 is 15.9 Å². The lowest BCUT2D eigenvalue weighted by atomic mass is 9.87. The van der Waals surface area contributed by atoms with Crippen LogP contribution in [0.4, 0.5) is 0 Å². The van der Waals surface area contributed by atoms with Gasteiger partial charge in [-0.05, 0) is 29.5 Å². The van der Waals surface area contributed by atoms with Crippen molar-refractivity contribution in [2.45, 2.75) is 50.5 Å². The van der Waals surface area contributed by atoms with Gasteiger partial charge in [0.15, 0.2) is 0 Å². The Morgan fingerprint density at radius 2 is 1.85 bits per heavy atom. The van der Waals surface area contributed by atoms with Crippen LogP contribution in [0.5, 0.6) is 0 Å². The molecule has 1 heterocycles. The van der Waals surface area contributed by atoms with Gasteiger partial charge in [-0.3, -0.25) is 4.79 Å². The minimum atomic E-state index is -3.61. The highest BCUT2D eigenvalue weighted by molar-refractivity contribution is 7.89. The van der Waals surface area contributed by atoms with E-state index < -0.39 is 10.0 Å². The first-order chi connectivity index (χ1) is 12.7. The van der Waals surface area contributed by atoms with Gasteiger partial charge in [-0.1, -0.05) is 32.9 Å². The Morgan fingerprint density at radius 1 is 1.15 bits per heavy atom. The van der Waals surface area contributed by atoms with E-state index in [1.54, 1.807) is 24.7 Å². The third-order valence-electron chi connectivity index (χ3n) is 4.15. The van der Waals surface area contributed by atoms with Crippen molar-refractivity contribution in [1.82, 2.24) is 19.6 Å².